The van der Waals surface area contributed by atoms with E-state index in [9.17, 15) is 9.59 Å². The number of nitrogens with one attached hydrogen (secondary N) is 2. The molecule has 7 heteroatoms. The van der Waals surface area contributed by atoms with Gasteiger partial charge in [-0.2, -0.15) is 0 Å². The van der Waals surface area contributed by atoms with Crippen molar-refractivity contribution in [3.05, 3.63) is 0 Å². The van der Waals surface area contributed by atoms with Gasteiger partial charge < -0.3 is 20.4 Å². The highest BCUT2D eigenvalue weighted by atomic mass is 16.2. The van der Waals surface area contributed by atoms with Gasteiger partial charge in [-0.25, -0.2) is 0 Å². The largest absolute Gasteiger partial charge is 0.357 e. The summed E-state index contributed by atoms with van der Waals surface area (Å²) in [6.07, 6.45) is 2.05. The first-order valence-electron chi connectivity index (χ1n) is 8.18. The number of carbonyl (C=O) groups is 2. The summed E-state index contributed by atoms with van der Waals surface area (Å²) < 4.78 is 0. The topological polar surface area (TPSA) is 77.0 Å². The van der Waals surface area contributed by atoms with Crippen LogP contribution in [0.4, 0.5) is 0 Å². The van der Waals surface area contributed by atoms with E-state index in [1.807, 2.05) is 11.8 Å². The first kappa shape index (κ1) is 16.6. The van der Waals surface area contributed by atoms with Crippen LogP contribution in [0.3, 0.4) is 0 Å². The van der Waals surface area contributed by atoms with E-state index in [0.717, 1.165) is 51.5 Å². The lowest BCUT2D eigenvalue weighted by molar-refractivity contribution is -0.130. The second kappa shape index (κ2) is 8.00. The van der Waals surface area contributed by atoms with Crippen LogP contribution in [0.25, 0.3) is 0 Å². The Morgan fingerprint density at radius 3 is 2.27 bits per heavy atom. The molecule has 0 aromatic rings. The van der Waals surface area contributed by atoms with Crippen LogP contribution in [-0.2, 0) is 9.59 Å². The normalized spacial score (nSPS) is 19.1. The quantitative estimate of drug-likeness (QED) is 0.413. The summed E-state index contributed by atoms with van der Waals surface area (Å²) in [4.78, 5) is 31.5. The zero-order valence-corrected chi connectivity index (χ0v) is 13.6. The van der Waals surface area contributed by atoms with Crippen LogP contribution in [0, 0.1) is 5.92 Å². The Balaban J connectivity index is 1.76. The number of rotatable bonds is 5. The van der Waals surface area contributed by atoms with E-state index in [4.69, 9.17) is 0 Å². The summed E-state index contributed by atoms with van der Waals surface area (Å²) in [5, 5.41) is 6.20. The maximum atomic E-state index is 11.6. The average molecular weight is 309 g/mol. The molecular formula is C15H27N5O2. The highest BCUT2D eigenvalue weighted by Gasteiger charge is 2.29. The lowest BCUT2D eigenvalue weighted by Gasteiger charge is -2.36. The molecule has 0 aromatic heterocycles. The summed E-state index contributed by atoms with van der Waals surface area (Å²) in [6, 6.07) is 0. The van der Waals surface area contributed by atoms with E-state index in [-0.39, 0.29) is 17.7 Å². The molecule has 7 nitrogen and oxygen atoms in total. The van der Waals surface area contributed by atoms with E-state index < -0.39 is 0 Å². The zero-order chi connectivity index (χ0) is 15.9. The molecule has 2 aliphatic rings. The molecule has 0 atom stereocenters. The molecule has 0 unspecified atom stereocenters. The van der Waals surface area contributed by atoms with Crippen LogP contribution in [0.5, 0.6) is 0 Å². The van der Waals surface area contributed by atoms with Gasteiger partial charge in [0.05, 0.1) is 6.54 Å². The van der Waals surface area contributed by atoms with Crippen molar-refractivity contribution in [2.75, 3.05) is 45.8 Å². The molecule has 124 valence electrons. The fraction of sp³-hybridized carbons (Fsp3) is 0.800. The van der Waals surface area contributed by atoms with Gasteiger partial charge in [0.15, 0.2) is 5.96 Å². The van der Waals surface area contributed by atoms with Crippen molar-refractivity contribution in [2.24, 2.45) is 10.9 Å². The Bertz CT molecular complexity index is 426. The smallest absolute Gasteiger partial charge is 0.223 e. The summed E-state index contributed by atoms with van der Waals surface area (Å²) in [5.74, 6) is 1.41. The van der Waals surface area contributed by atoms with Crippen molar-refractivity contribution in [1.29, 1.82) is 0 Å². The monoisotopic (exact) mass is 309 g/mol. The molecule has 1 saturated carbocycles. The Hall–Kier alpha value is -1.79. The molecule has 2 N–H and O–H groups in total. The van der Waals surface area contributed by atoms with E-state index in [1.54, 1.807) is 6.92 Å². The predicted octanol–water partition coefficient (Wildman–Crippen LogP) is -0.358. The van der Waals surface area contributed by atoms with E-state index >= 15 is 0 Å². The SMILES string of the molecule is CCNC(=NCCNC(=O)C1CC1)N1CCN(C(C)=O)CC1. The molecule has 2 fully saturated rings. The van der Waals surface area contributed by atoms with Crippen molar-refractivity contribution < 1.29 is 9.59 Å². The van der Waals surface area contributed by atoms with Crippen LogP contribution in [-0.4, -0.2) is 73.4 Å². The lowest BCUT2D eigenvalue weighted by Crippen LogP contribution is -2.53. The zero-order valence-electron chi connectivity index (χ0n) is 13.6. The lowest BCUT2D eigenvalue weighted by atomic mass is 10.3. The Morgan fingerprint density at radius 1 is 1.09 bits per heavy atom. The molecule has 1 heterocycles. The number of amides is 2. The number of guanidine groups is 1. The minimum Gasteiger partial charge on any atom is -0.357 e. The van der Waals surface area contributed by atoms with Crippen LogP contribution in [0.15, 0.2) is 4.99 Å². The van der Waals surface area contributed by atoms with E-state index in [1.165, 1.54) is 0 Å². The highest BCUT2D eigenvalue weighted by molar-refractivity contribution is 5.81. The van der Waals surface area contributed by atoms with Gasteiger partial charge in [-0.3, -0.25) is 14.6 Å². The minimum atomic E-state index is 0.129. The van der Waals surface area contributed by atoms with Crippen molar-refractivity contribution in [3.8, 4) is 0 Å². The Kier molecular flexibility index (Phi) is 6.03. The highest BCUT2D eigenvalue weighted by Crippen LogP contribution is 2.28. The van der Waals surface area contributed by atoms with Gasteiger partial charge in [-0.05, 0) is 19.8 Å². The summed E-state index contributed by atoms with van der Waals surface area (Å²) in [5.41, 5.74) is 0. The molecule has 2 amide bonds. The molecular weight excluding hydrogens is 282 g/mol. The summed E-state index contributed by atoms with van der Waals surface area (Å²) in [6.45, 7) is 8.66. The van der Waals surface area contributed by atoms with E-state index in [0.29, 0.717) is 13.1 Å². The van der Waals surface area contributed by atoms with Crippen LogP contribution in [0.1, 0.15) is 26.7 Å². The standard InChI is InChI=1S/C15H27N5O2/c1-3-16-15(18-7-6-17-14(22)13-4-5-13)20-10-8-19(9-11-20)12(2)21/h13H,3-11H2,1-2H3,(H,16,18)(H,17,22). The third kappa shape index (κ3) is 4.89. The van der Waals surface area contributed by atoms with Crippen LogP contribution >= 0.6 is 0 Å². The first-order valence-corrected chi connectivity index (χ1v) is 8.18. The summed E-state index contributed by atoms with van der Waals surface area (Å²) in [7, 11) is 0. The third-order valence-electron chi connectivity index (χ3n) is 3.98. The predicted molar refractivity (Wildman–Crippen MR) is 85.5 cm³/mol. The molecule has 2 rings (SSSR count). The minimum absolute atomic E-state index is 0.129. The number of carbonyl (C=O) groups excluding carboxylic acids is 2. The fourth-order valence-electron chi connectivity index (χ4n) is 2.49. The van der Waals surface area contributed by atoms with Gasteiger partial charge in [0, 0.05) is 52.1 Å². The second-order valence-electron chi connectivity index (χ2n) is 5.79. The number of nitrogens with zero attached hydrogens (tertiary/aromatic N) is 3. The third-order valence-corrected chi connectivity index (χ3v) is 3.98. The van der Waals surface area contributed by atoms with Gasteiger partial charge in [0.2, 0.25) is 11.8 Å². The molecule has 22 heavy (non-hydrogen) atoms. The van der Waals surface area contributed by atoms with Gasteiger partial charge >= 0.3 is 0 Å². The Labute approximate surface area is 132 Å². The van der Waals surface area contributed by atoms with Crippen molar-refractivity contribution in [1.82, 2.24) is 20.4 Å². The number of piperazine rings is 1. The average Bonchev–Trinajstić information content (AvgIpc) is 3.35. The van der Waals surface area contributed by atoms with Crippen molar-refractivity contribution in [2.45, 2.75) is 26.7 Å². The van der Waals surface area contributed by atoms with Gasteiger partial charge in [0.1, 0.15) is 0 Å². The van der Waals surface area contributed by atoms with Crippen molar-refractivity contribution >= 4 is 17.8 Å². The van der Waals surface area contributed by atoms with E-state index in [2.05, 4.69) is 20.5 Å². The molecule has 1 saturated heterocycles. The maximum Gasteiger partial charge on any atom is 0.223 e. The number of hydrogen-bond donors (Lipinski definition) is 2. The van der Waals surface area contributed by atoms with Crippen LogP contribution in [0.2, 0.25) is 0 Å². The number of aliphatic imine (C=N–C) groups is 1. The van der Waals surface area contributed by atoms with Crippen molar-refractivity contribution in [3.63, 3.8) is 0 Å². The molecule has 0 bridgehead atoms. The summed E-state index contributed by atoms with van der Waals surface area (Å²) >= 11 is 0. The first-order chi connectivity index (χ1) is 10.6. The molecule has 1 aliphatic carbocycles. The van der Waals surface area contributed by atoms with Crippen LogP contribution < -0.4 is 10.6 Å². The number of hydrogen-bond acceptors (Lipinski definition) is 3. The molecule has 0 radical (unpaired) electrons. The molecule has 1 aliphatic heterocycles. The molecule has 0 spiro atoms. The fourth-order valence-corrected chi connectivity index (χ4v) is 2.49. The molecule has 0 aromatic carbocycles. The van der Waals surface area contributed by atoms with Gasteiger partial charge in [0.25, 0.3) is 0 Å². The maximum absolute atomic E-state index is 11.6. The second-order valence-corrected chi connectivity index (χ2v) is 5.79. The Morgan fingerprint density at radius 2 is 1.73 bits per heavy atom. The van der Waals surface area contributed by atoms with Gasteiger partial charge in [-0.1, -0.05) is 0 Å². The van der Waals surface area contributed by atoms with Gasteiger partial charge in [-0.15, -0.1) is 0 Å².